The molecule has 6 heteroatoms. The highest BCUT2D eigenvalue weighted by Gasteiger charge is 2.35. The average molecular weight is 513 g/mol. The van der Waals surface area contributed by atoms with Crippen molar-refractivity contribution in [2.24, 2.45) is 5.41 Å². The number of hydrogen-bond donors (Lipinski definition) is 0. The topological polar surface area (TPSA) is 61.2 Å². The molecule has 0 saturated heterocycles. The third kappa shape index (κ3) is 4.55. The van der Waals surface area contributed by atoms with Gasteiger partial charge in [0.15, 0.2) is 5.78 Å². The van der Waals surface area contributed by atoms with Crippen LogP contribution in [0.3, 0.4) is 0 Å². The van der Waals surface area contributed by atoms with E-state index in [-0.39, 0.29) is 16.8 Å². The highest BCUT2D eigenvalue weighted by Crippen LogP contribution is 2.38. The summed E-state index contributed by atoms with van der Waals surface area (Å²) in [6, 6.07) is 15.7. The number of carbonyl (C=O) groups is 1. The summed E-state index contributed by atoms with van der Waals surface area (Å²) in [5.41, 5.74) is 6.42. The van der Waals surface area contributed by atoms with E-state index in [1.54, 1.807) is 13.2 Å². The van der Waals surface area contributed by atoms with Crippen LogP contribution < -0.4 is 10.3 Å². The molecule has 0 amide bonds. The van der Waals surface area contributed by atoms with Crippen molar-refractivity contribution in [2.45, 2.75) is 53.4 Å². The first-order valence-electron chi connectivity index (χ1n) is 12.8. The van der Waals surface area contributed by atoms with Crippen LogP contribution in [0.5, 0.6) is 5.75 Å². The molecule has 0 aliphatic heterocycles. The molecule has 0 atom stereocenters. The predicted octanol–water partition coefficient (Wildman–Crippen LogP) is 6.92. The number of Topliss-reactive ketones (excluding diaryl/α,β-unsaturated/α-hetero) is 1. The first-order valence-corrected chi connectivity index (χ1v) is 13.7. The Morgan fingerprint density at radius 3 is 2.35 bits per heavy atom. The maximum absolute atomic E-state index is 14.3. The molecule has 37 heavy (non-hydrogen) atoms. The van der Waals surface area contributed by atoms with E-state index in [9.17, 15) is 9.59 Å². The highest BCUT2D eigenvalue weighted by molar-refractivity contribution is 7.13. The van der Waals surface area contributed by atoms with Crippen molar-refractivity contribution in [1.82, 2.24) is 9.55 Å². The fraction of sp³-hybridized carbons (Fsp3) is 0.323. The van der Waals surface area contributed by atoms with Gasteiger partial charge in [-0.25, -0.2) is 4.98 Å². The molecule has 1 aliphatic rings. The van der Waals surface area contributed by atoms with Crippen LogP contribution in [-0.4, -0.2) is 22.4 Å². The molecule has 0 spiro atoms. The smallest absolute Gasteiger partial charge is 0.265 e. The summed E-state index contributed by atoms with van der Waals surface area (Å²) in [7, 11) is 1.64. The van der Waals surface area contributed by atoms with Crippen molar-refractivity contribution in [3.05, 3.63) is 86.6 Å². The Morgan fingerprint density at radius 2 is 1.68 bits per heavy atom. The number of ketones is 1. The standard InChI is InChI=1S/C31H32N2O3S/c1-6-19-10-8-11-20(7-2)28(19)33-26-16-31(3,4)17-27(34)23(26)15-24(30(33)35)29-32-25(18-37-29)21-12-9-13-22(14-21)36-5/h8-15,18H,6-7,16-17H2,1-5H3. The van der Waals surface area contributed by atoms with Gasteiger partial charge in [0.05, 0.1) is 24.1 Å². The van der Waals surface area contributed by atoms with Gasteiger partial charge in [0.25, 0.3) is 5.56 Å². The van der Waals surface area contributed by atoms with Gasteiger partial charge in [-0.05, 0) is 54.0 Å². The van der Waals surface area contributed by atoms with Crippen LogP contribution in [0.2, 0.25) is 0 Å². The van der Waals surface area contributed by atoms with Gasteiger partial charge in [-0.15, -0.1) is 11.3 Å². The summed E-state index contributed by atoms with van der Waals surface area (Å²) in [6.07, 6.45) is 2.71. The third-order valence-corrected chi connectivity index (χ3v) is 8.05. The van der Waals surface area contributed by atoms with Crippen molar-refractivity contribution in [3.63, 3.8) is 0 Å². The number of ether oxygens (including phenoxy) is 1. The van der Waals surface area contributed by atoms with Gasteiger partial charge in [-0.2, -0.15) is 0 Å². The zero-order valence-electron chi connectivity index (χ0n) is 22.1. The van der Waals surface area contributed by atoms with E-state index in [4.69, 9.17) is 9.72 Å². The Hall–Kier alpha value is -3.51. The Balaban J connectivity index is 1.78. The van der Waals surface area contributed by atoms with Gasteiger partial charge in [-0.3, -0.25) is 14.2 Å². The molecular weight excluding hydrogens is 480 g/mol. The minimum absolute atomic E-state index is 0.0813. The van der Waals surface area contributed by atoms with Crippen molar-refractivity contribution in [1.29, 1.82) is 0 Å². The van der Waals surface area contributed by atoms with E-state index in [2.05, 4.69) is 45.9 Å². The Kier molecular flexibility index (Phi) is 6.63. The molecule has 0 fully saturated rings. The van der Waals surface area contributed by atoms with E-state index in [1.807, 2.05) is 34.2 Å². The lowest BCUT2D eigenvalue weighted by Crippen LogP contribution is -2.35. The summed E-state index contributed by atoms with van der Waals surface area (Å²) >= 11 is 1.42. The minimum Gasteiger partial charge on any atom is -0.497 e. The molecule has 0 bridgehead atoms. The number of thiazole rings is 1. The van der Waals surface area contributed by atoms with Crippen molar-refractivity contribution >= 4 is 17.1 Å². The van der Waals surface area contributed by atoms with Gasteiger partial charge in [0, 0.05) is 28.6 Å². The number of aryl methyl sites for hydroxylation is 2. The molecule has 2 heterocycles. The maximum Gasteiger partial charge on any atom is 0.265 e. The van der Waals surface area contributed by atoms with Gasteiger partial charge >= 0.3 is 0 Å². The quantitative estimate of drug-likeness (QED) is 0.281. The monoisotopic (exact) mass is 512 g/mol. The van der Waals surface area contributed by atoms with Crippen molar-refractivity contribution < 1.29 is 9.53 Å². The minimum atomic E-state index is -0.214. The molecular formula is C31H32N2O3S. The fourth-order valence-electron chi connectivity index (χ4n) is 5.32. The summed E-state index contributed by atoms with van der Waals surface area (Å²) in [4.78, 5) is 32.6. The molecule has 0 saturated carbocycles. The Labute approximate surface area is 221 Å². The molecule has 0 N–H and O–H groups in total. The lowest BCUT2D eigenvalue weighted by molar-refractivity contribution is 0.0909. The summed E-state index contributed by atoms with van der Waals surface area (Å²) in [5.74, 6) is 0.831. The van der Waals surface area contributed by atoms with E-state index in [0.717, 1.165) is 52.4 Å². The summed E-state index contributed by atoms with van der Waals surface area (Å²) in [5, 5.41) is 2.57. The second-order valence-electron chi connectivity index (χ2n) is 10.4. The van der Waals surface area contributed by atoms with E-state index in [1.165, 1.54) is 11.3 Å². The number of fused-ring (bicyclic) bond motifs is 1. The molecule has 4 aromatic rings. The summed E-state index contributed by atoms with van der Waals surface area (Å²) < 4.78 is 7.21. The van der Waals surface area contributed by atoms with Gasteiger partial charge < -0.3 is 4.74 Å². The number of rotatable bonds is 6. The van der Waals surface area contributed by atoms with Crippen LogP contribution in [0.15, 0.2) is 58.7 Å². The maximum atomic E-state index is 14.3. The Bertz CT molecular complexity index is 1540. The molecule has 1 aliphatic carbocycles. The van der Waals surface area contributed by atoms with Crippen LogP contribution in [0.25, 0.3) is 27.5 Å². The predicted molar refractivity (Wildman–Crippen MR) is 150 cm³/mol. The molecule has 0 unspecified atom stereocenters. The first kappa shape index (κ1) is 25.2. The number of aromatic nitrogens is 2. The molecule has 190 valence electrons. The lowest BCUT2D eigenvalue weighted by atomic mass is 9.75. The number of para-hydroxylation sites is 1. The number of hydrogen-bond acceptors (Lipinski definition) is 5. The second kappa shape index (κ2) is 9.75. The SMILES string of the molecule is CCc1cccc(CC)c1-n1c2c(cc(-c3nc(-c4cccc(OC)c4)cs3)c1=O)C(=O)CC(C)(C)C2. The largest absolute Gasteiger partial charge is 0.497 e. The number of pyridine rings is 1. The average Bonchev–Trinajstić information content (AvgIpc) is 3.38. The number of benzene rings is 2. The van der Waals surface area contributed by atoms with Crippen LogP contribution in [0.4, 0.5) is 0 Å². The fourth-order valence-corrected chi connectivity index (χ4v) is 6.16. The molecule has 5 nitrogen and oxygen atoms in total. The van der Waals surface area contributed by atoms with Crippen LogP contribution >= 0.6 is 11.3 Å². The van der Waals surface area contributed by atoms with Gasteiger partial charge in [0.2, 0.25) is 0 Å². The zero-order chi connectivity index (χ0) is 26.3. The molecule has 2 aromatic carbocycles. The second-order valence-corrected chi connectivity index (χ2v) is 11.3. The highest BCUT2D eigenvalue weighted by atomic mass is 32.1. The third-order valence-electron chi connectivity index (χ3n) is 7.18. The zero-order valence-corrected chi connectivity index (χ0v) is 22.9. The normalized spacial score (nSPS) is 14.5. The number of carbonyl (C=O) groups excluding carboxylic acids is 1. The molecule has 2 aromatic heterocycles. The Morgan fingerprint density at radius 1 is 0.973 bits per heavy atom. The van der Waals surface area contributed by atoms with Crippen molar-refractivity contribution in [3.8, 4) is 33.3 Å². The van der Waals surface area contributed by atoms with E-state index < -0.39 is 0 Å². The van der Waals surface area contributed by atoms with Gasteiger partial charge in [-0.1, -0.05) is 58.0 Å². The van der Waals surface area contributed by atoms with Crippen LogP contribution in [-0.2, 0) is 19.3 Å². The summed E-state index contributed by atoms with van der Waals surface area (Å²) in [6.45, 7) is 8.42. The van der Waals surface area contributed by atoms with E-state index >= 15 is 0 Å². The first-order chi connectivity index (χ1) is 17.8. The van der Waals surface area contributed by atoms with Crippen LogP contribution in [0, 0.1) is 5.41 Å². The number of nitrogens with zero attached hydrogens (tertiary/aromatic N) is 2. The molecule has 0 radical (unpaired) electrons. The van der Waals surface area contributed by atoms with E-state index in [0.29, 0.717) is 29.0 Å². The van der Waals surface area contributed by atoms with Gasteiger partial charge in [0.1, 0.15) is 10.8 Å². The number of methoxy groups -OCH3 is 1. The van der Waals surface area contributed by atoms with Crippen molar-refractivity contribution in [2.75, 3.05) is 7.11 Å². The lowest BCUT2D eigenvalue weighted by Gasteiger charge is -2.33. The van der Waals surface area contributed by atoms with Crippen LogP contribution in [0.1, 0.15) is 61.3 Å². The molecule has 5 rings (SSSR count).